The summed E-state index contributed by atoms with van der Waals surface area (Å²) in [7, 11) is -5.02. The van der Waals surface area contributed by atoms with Crippen molar-refractivity contribution in [3.05, 3.63) is 0 Å². The van der Waals surface area contributed by atoms with Crippen LogP contribution in [0, 0.1) is 0 Å². The number of rotatable bonds is 7. The van der Waals surface area contributed by atoms with Gasteiger partial charge in [-0.25, -0.2) is 4.39 Å². The van der Waals surface area contributed by atoms with Gasteiger partial charge >= 0.3 is 42.5 Å². The maximum absolute atomic E-state index is 14.2. The van der Waals surface area contributed by atoms with E-state index < -0.39 is 56.1 Å². The molecule has 0 fully saturated rings. The fourth-order valence-electron chi connectivity index (χ4n) is 1.57. The minimum atomic E-state index is -7.82. The van der Waals surface area contributed by atoms with Crippen LogP contribution in [-0.4, -0.2) is 56.1 Å². The smallest absolute Gasteiger partial charge is 0.273 e. The zero-order valence-corrected chi connectivity index (χ0v) is 15.7. The molecule has 2 atom stereocenters. The lowest BCUT2D eigenvalue weighted by atomic mass is 10.2. The van der Waals surface area contributed by atoms with Gasteiger partial charge in [0.2, 0.25) is 0 Å². The first-order valence-electron chi connectivity index (χ1n) is 7.03. The summed E-state index contributed by atoms with van der Waals surface area (Å²) in [5, 5.41) is 0. The summed E-state index contributed by atoms with van der Waals surface area (Å²) in [6, 6.07) is 0. The average molecular weight is 524 g/mol. The molecule has 0 aliphatic rings. The third kappa shape index (κ3) is 4.98. The first kappa shape index (κ1) is 29.9. The molecule has 0 rings (SSSR count). The Kier molecular flexibility index (Phi) is 7.23. The van der Waals surface area contributed by atoms with Crippen molar-refractivity contribution in [3.8, 4) is 0 Å². The molecule has 188 valence electrons. The zero-order valence-electron chi connectivity index (χ0n) is 14.7. The summed E-state index contributed by atoms with van der Waals surface area (Å²) in [6.07, 6.45) is -37.3. The molecule has 0 aromatic carbocycles. The fraction of sp³-hybridized carbons (Fsp3) is 1.00. The van der Waals surface area contributed by atoms with Crippen LogP contribution in [-0.2, 0) is 9.47 Å². The first-order chi connectivity index (χ1) is 12.9. The fourth-order valence-corrected chi connectivity index (χ4v) is 2.85. The lowest BCUT2D eigenvalue weighted by molar-refractivity contribution is -0.546. The van der Waals surface area contributed by atoms with Gasteiger partial charge in [0, 0.05) is 0 Å². The zero-order chi connectivity index (χ0) is 25.9. The Morgan fingerprint density at radius 2 is 0.806 bits per heavy atom. The Bertz CT molecular complexity index is 628. The number of ether oxygens (including phenoxy) is 2. The SMILES string of the molecule is C[Si](C)(C)C(F)(OC(F)(F)C(F)(OC(F)(F)C(F)(F)C(F)(F)F)C(F)(F)F)C(F)(F)F. The van der Waals surface area contributed by atoms with Gasteiger partial charge in [-0.2, -0.15) is 70.2 Å². The summed E-state index contributed by atoms with van der Waals surface area (Å²) in [5.41, 5.74) is -5.86. The van der Waals surface area contributed by atoms with E-state index in [1.807, 2.05) is 0 Å². The van der Waals surface area contributed by atoms with Gasteiger partial charge in [0.05, 0.1) is 0 Å². The summed E-state index contributed by atoms with van der Waals surface area (Å²) >= 11 is 0. The van der Waals surface area contributed by atoms with E-state index in [4.69, 9.17) is 0 Å². The van der Waals surface area contributed by atoms with E-state index in [2.05, 4.69) is 4.74 Å². The quantitative estimate of drug-likeness (QED) is 0.272. The Hall–Kier alpha value is -1.05. The Balaban J connectivity index is 6.73. The molecule has 0 aromatic heterocycles. The predicted molar refractivity (Wildman–Crippen MR) is 66.2 cm³/mol. The highest BCUT2D eigenvalue weighted by Crippen LogP contribution is 2.57. The van der Waals surface area contributed by atoms with Crippen LogP contribution < -0.4 is 0 Å². The molecule has 0 aliphatic heterocycles. The summed E-state index contributed by atoms with van der Waals surface area (Å²) in [6.45, 7) is 0.534. The number of alkyl halides is 17. The molecular formula is C11H9F17O2Si. The van der Waals surface area contributed by atoms with Crippen LogP contribution in [0.2, 0.25) is 19.6 Å². The lowest BCUT2D eigenvalue weighted by Gasteiger charge is -2.43. The molecule has 20 heteroatoms. The van der Waals surface area contributed by atoms with Gasteiger partial charge in [0.15, 0.2) is 0 Å². The van der Waals surface area contributed by atoms with Crippen molar-refractivity contribution in [2.24, 2.45) is 0 Å². The van der Waals surface area contributed by atoms with Crippen molar-refractivity contribution < 1.29 is 84.1 Å². The van der Waals surface area contributed by atoms with E-state index in [0.29, 0.717) is 0 Å². The normalized spacial score (nSPS) is 19.7. The molecule has 0 bridgehead atoms. The molecular weight excluding hydrogens is 515 g/mol. The van der Waals surface area contributed by atoms with Crippen LogP contribution >= 0.6 is 0 Å². The number of halogens is 17. The summed E-state index contributed by atoms with van der Waals surface area (Å²) in [5.74, 6) is -15.6. The van der Waals surface area contributed by atoms with Crippen molar-refractivity contribution in [2.45, 2.75) is 67.6 Å². The highest BCUT2D eigenvalue weighted by atomic mass is 28.3. The molecule has 0 aromatic rings. The van der Waals surface area contributed by atoms with Gasteiger partial charge in [0.1, 0.15) is 8.07 Å². The second-order valence-corrected chi connectivity index (χ2v) is 11.9. The van der Waals surface area contributed by atoms with Crippen molar-refractivity contribution in [1.29, 1.82) is 0 Å². The molecule has 0 amide bonds. The molecule has 0 saturated heterocycles. The molecule has 0 spiro atoms. The minimum Gasteiger partial charge on any atom is -0.273 e. The molecule has 0 heterocycles. The van der Waals surface area contributed by atoms with E-state index in [1.165, 1.54) is 4.74 Å². The Morgan fingerprint density at radius 3 is 1.03 bits per heavy atom. The molecule has 0 saturated carbocycles. The third-order valence-corrected chi connectivity index (χ3v) is 5.64. The van der Waals surface area contributed by atoms with E-state index in [9.17, 15) is 74.6 Å². The van der Waals surface area contributed by atoms with E-state index in [0.717, 1.165) is 0 Å². The van der Waals surface area contributed by atoms with Crippen LogP contribution in [0.1, 0.15) is 0 Å². The van der Waals surface area contributed by atoms with Crippen LogP contribution in [0.15, 0.2) is 0 Å². The molecule has 2 nitrogen and oxygen atoms in total. The largest absolute Gasteiger partial charge is 0.462 e. The molecule has 31 heavy (non-hydrogen) atoms. The van der Waals surface area contributed by atoms with Gasteiger partial charge < -0.3 is 0 Å². The molecule has 0 radical (unpaired) electrons. The lowest BCUT2D eigenvalue weighted by Crippen LogP contribution is -2.70. The predicted octanol–water partition coefficient (Wildman–Crippen LogP) is 6.74. The average Bonchev–Trinajstić information content (AvgIpc) is 2.40. The Labute approximate surface area is 161 Å². The second kappa shape index (κ2) is 7.49. The Morgan fingerprint density at radius 1 is 0.452 bits per heavy atom. The van der Waals surface area contributed by atoms with Crippen molar-refractivity contribution in [3.63, 3.8) is 0 Å². The summed E-state index contributed by atoms with van der Waals surface area (Å²) in [4.78, 5) is 0. The van der Waals surface area contributed by atoms with Gasteiger partial charge in [-0.3, -0.25) is 9.47 Å². The van der Waals surface area contributed by atoms with Crippen LogP contribution in [0.4, 0.5) is 74.6 Å². The van der Waals surface area contributed by atoms with Crippen LogP contribution in [0.25, 0.3) is 0 Å². The maximum Gasteiger partial charge on any atom is 0.462 e. The molecule has 0 N–H and O–H groups in total. The van der Waals surface area contributed by atoms with Crippen LogP contribution in [0.3, 0.4) is 0 Å². The van der Waals surface area contributed by atoms with Gasteiger partial charge in [-0.05, 0) is 0 Å². The second-order valence-electron chi connectivity index (χ2n) is 6.75. The highest BCUT2D eigenvalue weighted by Gasteiger charge is 2.85. The van der Waals surface area contributed by atoms with Crippen LogP contribution in [0.5, 0.6) is 0 Å². The minimum absolute atomic E-state index is 0.178. The number of hydrogen-bond acceptors (Lipinski definition) is 2. The molecule has 2 unspecified atom stereocenters. The summed E-state index contributed by atoms with van der Waals surface area (Å²) < 4.78 is 223. The topological polar surface area (TPSA) is 18.5 Å². The monoisotopic (exact) mass is 524 g/mol. The van der Waals surface area contributed by atoms with Crippen molar-refractivity contribution in [2.75, 3.05) is 0 Å². The van der Waals surface area contributed by atoms with E-state index >= 15 is 0 Å². The van der Waals surface area contributed by atoms with Gasteiger partial charge in [-0.1, -0.05) is 19.6 Å². The van der Waals surface area contributed by atoms with E-state index in [1.54, 1.807) is 0 Å². The van der Waals surface area contributed by atoms with E-state index in [-0.39, 0.29) is 19.6 Å². The standard InChI is InChI=1S/C11H9F17O2Si/c1-31(2,3)11(28,8(21,22)23)30-10(26,27)5(14,7(18,19)20)29-9(24,25)4(12,13)6(15,16)17/h1-3H3. The van der Waals surface area contributed by atoms with Crippen molar-refractivity contribution in [1.82, 2.24) is 0 Å². The van der Waals surface area contributed by atoms with Gasteiger partial charge in [-0.15, -0.1) is 0 Å². The maximum atomic E-state index is 14.2. The highest BCUT2D eigenvalue weighted by molar-refractivity contribution is 6.78. The molecule has 0 aliphatic carbocycles. The van der Waals surface area contributed by atoms with Crippen molar-refractivity contribution >= 4 is 8.07 Å². The first-order valence-corrected chi connectivity index (χ1v) is 10.5. The van der Waals surface area contributed by atoms with Gasteiger partial charge in [0.25, 0.3) is 5.48 Å². The number of hydrogen-bond donors (Lipinski definition) is 0. The third-order valence-electron chi connectivity index (χ3n) is 3.33.